The van der Waals surface area contributed by atoms with Gasteiger partial charge in [0.05, 0.1) is 13.0 Å². The normalized spacial score (nSPS) is 13.2. The van der Waals surface area contributed by atoms with Crippen molar-refractivity contribution in [1.29, 1.82) is 0 Å². The number of ether oxygens (including phenoxy) is 2. The predicted octanol–water partition coefficient (Wildman–Crippen LogP) is 4.76. The summed E-state index contributed by atoms with van der Waals surface area (Å²) in [6.45, 7) is 5.12. The van der Waals surface area contributed by atoms with E-state index in [-0.39, 0.29) is 25.6 Å². The highest BCUT2D eigenvalue weighted by Crippen LogP contribution is 2.44. The molecular formula is C30H32N2O6. The molecule has 3 aromatic carbocycles. The molecule has 0 fully saturated rings. The fourth-order valence-electron chi connectivity index (χ4n) is 4.46. The van der Waals surface area contributed by atoms with Gasteiger partial charge in [0.1, 0.15) is 18.2 Å². The van der Waals surface area contributed by atoms with Gasteiger partial charge in [0.2, 0.25) is 5.91 Å². The quantitative estimate of drug-likeness (QED) is 0.372. The number of alkyl carbamates (subject to hydrolysis) is 1. The number of fused-ring (bicyclic) bond motifs is 3. The highest BCUT2D eigenvalue weighted by molar-refractivity contribution is 5.98. The van der Waals surface area contributed by atoms with E-state index in [1.165, 1.54) is 0 Å². The van der Waals surface area contributed by atoms with Gasteiger partial charge in [0, 0.05) is 11.6 Å². The lowest BCUT2D eigenvalue weighted by Crippen LogP contribution is -2.46. The largest absolute Gasteiger partial charge is 0.460 e. The minimum atomic E-state index is -1.22. The molecule has 3 N–H and O–H groups in total. The summed E-state index contributed by atoms with van der Waals surface area (Å²) in [5.41, 5.74) is 4.73. The average molecular weight is 517 g/mol. The molecule has 0 bridgehead atoms. The minimum absolute atomic E-state index is 0.0727. The van der Waals surface area contributed by atoms with E-state index in [9.17, 15) is 19.5 Å². The molecule has 0 aromatic heterocycles. The molecule has 0 saturated carbocycles. The summed E-state index contributed by atoms with van der Waals surface area (Å²) in [5.74, 6) is -1.37. The van der Waals surface area contributed by atoms with Gasteiger partial charge in [-0.25, -0.2) is 4.79 Å². The molecule has 3 aromatic rings. The maximum absolute atomic E-state index is 13.1. The molecule has 4 rings (SSSR count). The maximum Gasteiger partial charge on any atom is 0.407 e. The number of nitrogens with one attached hydrogen (secondary N) is 2. The molecule has 198 valence electrons. The highest BCUT2D eigenvalue weighted by atomic mass is 16.6. The molecule has 0 heterocycles. The Balaban J connectivity index is 1.45. The molecule has 38 heavy (non-hydrogen) atoms. The summed E-state index contributed by atoms with van der Waals surface area (Å²) in [6.07, 6.45) is -1.19. The fraction of sp³-hybridized carbons (Fsp3) is 0.300. The lowest BCUT2D eigenvalue weighted by molar-refractivity contribution is -0.156. The SMILES string of the molecule is CC(C)(C)OC(=O)C[C@@H](NC(=O)OCC1c2ccccc2-c2ccccc21)C(=O)Nc1ccc(CO)cc1. The van der Waals surface area contributed by atoms with Crippen molar-refractivity contribution in [2.45, 2.75) is 51.4 Å². The average Bonchev–Trinajstić information content (AvgIpc) is 3.20. The van der Waals surface area contributed by atoms with Crippen LogP contribution in [0.3, 0.4) is 0 Å². The zero-order valence-electron chi connectivity index (χ0n) is 21.7. The zero-order chi connectivity index (χ0) is 27.3. The summed E-state index contributed by atoms with van der Waals surface area (Å²) in [4.78, 5) is 38.4. The van der Waals surface area contributed by atoms with Crippen molar-refractivity contribution in [3.8, 4) is 11.1 Å². The standard InChI is InChI=1S/C30H32N2O6/c1-30(2,3)38-27(34)16-26(28(35)31-20-14-12-19(17-33)13-15-20)32-29(36)37-18-25-23-10-6-4-8-21(23)22-9-5-7-11-24(22)25/h4-15,25-26,33H,16-18H2,1-3H3,(H,31,35)(H,32,36)/t26-/m1/s1. The van der Waals surface area contributed by atoms with Crippen LogP contribution in [0.25, 0.3) is 11.1 Å². The van der Waals surface area contributed by atoms with Crippen LogP contribution in [0.2, 0.25) is 0 Å². The predicted molar refractivity (Wildman–Crippen MR) is 143 cm³/mol. The van der Waals surface area contributed by atoms with Crippen molar-refractivity contribution in [1.82, 2.24) is 5.32 Å². The summed E-state index contributed by atoms with van der Waals surface area (Å²) < 4.78 is 10.9. The Kier molecular flexibility index (Phi) is 8.12. The lowest BCUT2D eigenvalue weighted by atomic mass is 9.98. The summed E-state index contributed by atoms with van der Waals surface area (Å²) in [6, 6.07) is 21.3. The van der Waals surface area contributed by atoms with Crippen LogP contribution in [0, 0.1) is 0 Å². The van der Waals surface area contributed by atoms with Crippen LogP contribution in [0.15, 0.2) is 72.8 Å². The van der Waals surface area contributed by atoms with Crippen molar-refractivity contribution in [3.05, 3.63) is 89.5 Å². The Morgan fingerprint density at radius 3 is 2.03 bits per heavy atom. The lowest BCUT2D eigenvalue weighted by Gasteiger charge is -2.23. The van der Waals surface area contributed by atoms with Crippen LogP contribution < -0.4 is 10.6 Å². The molecule has 8 heteroatoms. The first-order valence-electron chi connectivity index (χ1n) is 12.5. The third-order valence-corrected chi connectivity index (χ3v) is 6.15. The molecule has 0 unspecified atom stereocenters. The van der Waals surface area contributed by atoms with E-state index in [1.54, 1.807) is 45.0 Å². The molecule has 0 radical (unpaired) electrons. The first kappa shape index (κ1) is 26.9. The van der Waals surface area contributed by atoms with Gasteiger partial charge in [0.25, 0.3) is 0 Å². The Morgan fingerprint density at radius 1 is 0.895 bits per heavy atom. The molecule has 0 spiro atoms. The van der Waals surface area contributed by atoms with Crippen molar-refractivity contribution < 1.29 is 29.0 Å². The van der Waals surface area contributed by atoms with E-state index in [2.05, 4.69) is 10.6 Å². The number of rotatable bonds is 8. The van der Waals surface area contributed by atoms with Crippen molar-refractivity contribution in [3.63, 3.8) is 0 Å². The Labute approximate surface area is 222 Å². The van der Waals surface area contributed by atoms with E-state index in [1.807, 2.05) is 48.5 Å². The summed E-state index contributed by atoms with van der Waals surface area (Å²) in [5, 5.41) is 14.5. The van der Waals surface area contributed by atoms with Crippen LogP contribution in [0.5, 0.6) is 0 Å². The second kappa shape index (κ2) is 11.5. The third-order valence-electron chi connectivity index (χ3n) is 6.15. The van der Waals surface area contributed by atoms with Crippen LogP contribution >= 0.6 is 0 Å². The summed E-state index contributed by atoms with van der Waals surface area (Å²) >= 11 is 0. The third kappa shape index (κ3) is 6.58. The van der Waals surface area contributed by atoms with Gasteiger partial charge in [-0.2, -0.15) is 0 Å². The van der Waals surface area contributed by atoms with Crippen molar-refractivity contribution in [2.75, 3.05) is 11.9 Å². The molecule has 2 amide bonds. The topological polar surface area (TPSA) is 114 Å². The number of carbonyl (C=O) groups is 3. The summed E-state index contributed by atoms with van der Waals surface area (Å²) in [7, 11) is 0. The van der Waals surface area contributed by atoms with Gasteiger partial charge in [-0.3, -0.25) is 9.59 Å². The molecule has 0 aliphatic heterocycles. The molecule has 1 atom stereocenters. The van der Waals surface area contributed by atoms with Gasteiger partial charge in [-0.1, -0.05) is 60.7 Å². The number of esters is 1. The Morgan fingerprint density at radius 2 is 1.47 bits per heavy atom. The number of aliphatic hydroxyl groups excluding tert-OH is 1. The molecule has 1 aliphatic rings. The second-order valence-electron chi connectivity index (χ2n) is 10.2. The number of hydrogen-bond donors (Lipinski definition) is 3. The monoisotopic (exact) mass is 516 g/mol. The Bertz CT molecular complexity index is 1270. The number of benzene rings is 3. The number of amides is 2. The second-order valence-corrected chi connectivity index (χ2v) is 10.2. The van der Waals surface area contributed by atoms with E-state index in [0.717, 1.165) is 22.3 Å². The van der Waals surface area contributed by atoms with Gasteiger partial charge in [-0.05, 0) is 60.7 Å². The van der Waals surface area contributed by atoms with Crippen molar-refractivity contribution in [2.24, 2.45) is 0 Å². The molecule has 1 aliphatic carbocycles. The van der Waals surface area contributed by atoms with Gasteiger partial charge in [0.15, 0.2) is 0 Å². The van der Waals surface area contributed by atoms with Gasteiger partial charge < -0.3 is 25.2 Å². The van der Waals surface area contributed by atoms with E-state index in [4.69, 9.17) is 9.47 Å². The maximum atomic E-state index is 13.1. The molecule has 8 nitrogen and oxygen atoms in total. The number of hydrogen-bond acceptors (Lipinski definition) is 6. The van der Waals surface area contributed by atoms with Gasteiger partial charge >= 0.3 is 12.1 Å². The van der Waals surface area contributed by atoms with E-state index in [0.29, 0.717) is 11.3 Å². The fourth-order valence-corrected chi connectivity index (χ4v) is 4.46. The number of aliphatic hydroxyl groups is 1. The van der Waals surface area contributed by atoms with Crippen LogP contribution in [0.1, 0.15) is 49.8 Å². The van der Waals surface area contributed by atoms with Gasteiger partial charge in [-0.15, -0.1) is 0 Å². The molecule has 0 saturated heterocycles. The Hall–Kier alpha value is -4.17. The van der Waals surface area contributed by atoms with Crippen LogP contribution in [0.4, 0.5) is 10.5 Å². The zero-order valence-corrected chi connectivity index (χ0v) is 21.7. The number of carbonyl (C=O) groups excluding carboxylic acids is 3. The highest BCUT2D eigenvalue weighted by Gasteiger charge is 2.31. The first-order valence-corrected chi connectivity index (χ1v) is 12.5. The van der Waals surface area contributed by atoms with E-state index >= 15 is 0 Å². The smallest absolute Gasteiger partial charge is 0.407 e. The van der Waals surface area contributed by atoms with Crippen LogP contribution in [-0.2, 0) is 25.7 Å². The van der Waals surface area contributed by atoms with Crippen LogP contribution in [-0.4, -0.2) is 41.3 Å². The number of anilines is 1. The minimum Gasteiger partial charge on any atom is -0.460 e. The first-order chi connectivity index (χ1) is 18.1. The molecular weight excluding hydrogens is 484 g/mol. The van der Waals surface area contributed by atoms with Crippen molar-refractivity contribution >= 4 is 23.7 Å². The van der Waals surface area contributed by atoms with E-state index < -0.39 is 29.6 Å².